The van der Waals surface area contributed by atoms with Crippen LogP contribution in [0.5, 0.6) is 0 Å². The van der Waals surface area contributed by atoms with Crippen LogP contribution < -0.4 is 0 Å². The zero-order chi connectivity index (χ0) is 35.1. The second-order valence-electron chi connectivity index (χ2n) is 13.9. The van der Waals surface area contributed by atoms with Crippen molar-refractivity contribution in [3.63, 3.8) is 0 Å². The second-order valence-corrected chi connectivity index (χ2v) is 13.9. The molecule has 8 aromatic carbocycles. The fraction of sp³-hybridized carbons (Fsp3) is 0.0385. The molecule has 0 saturated heterocycles. The Balaban J connectivity index is 1.35. The van der Waals surface area contributed by atoms with E-state index in [1.54, 1.807) is 0 Å². The molecule has 0 aliphatic heterocycles. The minimum absolute atomic E-state index is 1.02. The third-order valence-corrected chi connectivity index (χ3v) is 10.9. The fourth-order valence-electron chi connectivity index (χ4n) is 8.52. The molecule has 0 unspecified atom stereocenters. The fourth-order valence-corrected chi connectivity index (χ4v) is 8.52. The quantitative estimate of drug-likeness (QED) is 0.155. The van der Waals surface area contributed by atoms with E-state index in [0.29, 0.717) is 0 Å². The van der Waals surface area contributed by atoms with Crippen LogP contribution in [0.15, 0.2) is 200 Å². The standard InChI is InChI=1S/C52H37N/c1-4-17-36(18-5-1)41-26-12-13-27-43(41)51-45-28-14-15-29-46(45)52(44-30-16-24-37-19-10-11-25-42(37)44)48-35-40(31-32-47(48)51)53-49(38-20-6-2-7-21-38)33-34-50(53)39-22-8-3-9-23-39/h1-8,10-22,24-35H,9,23H2. The maximum atomic E-state index is 2.49. The number of hydrogen-bond acceptors (Lipinski definition) is 0. The van der Waals surface area contributed by atoms with Gasteiger partial charge in [-0.3, -0.25) is 0 Å². The first-order valence-corrected chi connectivity index (χ1v) is 18.6. The van der Waals surface area contributed by atoms with Crippen LogP contribution in [0.2, 0.25) is 0 Å². The number of benzene rings is 8. The summed E-state index contributed by atoms with van der Waals surface area (Å²) in [4.78, 5) is 0. The average molecular weight is 676 g/mol. The molecule has 53 heavy (non-hydrogen) atoms. The summed E-state index contributed by atoms with van der Waals surface area (Å²) in [6.07, 6.45) is 8.84. The van der Waals surface area contributed by atoms with Crippen molar-refractivity contribution in [3.8, 4) is 50.3 Å². The monoisotopic (exact) mass is 675 g/mol. The van der Waals surface area contributed by atoms with Crippen LogP contribution >= 0.6 is 0 Å². The Morgan fingerprint density at radius 3 is 1.74 bits per heavy atom. The van der Waals surface area contributed by atoms with E-state index in [-0.39, 0.29) is 0 Å². The highest BCUT2D eigenvalue weighted by molar-refractivity contribution is 6.24. The number of aromatic nitrogens is 1. The lowest BCUT2D eigenvalue weighted by molar-refractivity contribution is 0.998. The summed E-state index contributed by atoms with van der Waals surface area (Å²) in [5.74, 6) is 0. The molecular formula is C52H37N. The molecule has 1 aliphatic rings. The third-order valence-electron chi connectivity index (χ3n) is 10.9. The molecule has 0 N–H and O–H groups in total. The van der Waals surface area contributed by atoms with E-state index in [9.17, 15) is 0 Å². The molecule has 0 atom stereocenters. The largest absolute Gasteiger partial charge is 0.310 e. The third kappa shape index (κ3) is 5.32. The maximum Gasteiger partial charge on any atom is 0.0534 e. The van der Waals surface area contributed by atoms with Gasteiger partial charge in [0.1, 0.15) is 0 Å². The van der Waals surface area contributed by atoms with Gasteiger partial charge < -0.3 is 4.57 Å². The molecule has 1 aliphatic carbocycles. The SMILES string of the molecule is C1=CCCC(c2ccc(-c3ccccc3)n2-c2ccc3c(-c4ccccc4-c4ccccc4)c4ccccc4c(-c4cccc5ccccc45)c3c2)=C1. The van der Waals surface area contributed by atoms with Gasteiger partial charge in [-0.05, 0) is 114 Å². The van der Waals surface area contributed by atoms with Gasteiger partial charge in [-0.1, -0.05) is 176 Å². The summed E-state index contributed by atoms with van der Waals surface area (Å²) in [5.41, 5.74) is 13.6. The first-order chi connectivity index (χ1) is 26.3. The molecule has 250 valence electrons. The molecule has 1 heterocycles. The molecule has 10 rings (SSSR count). The summed E-state index contributed by atoms with van der Waals surface area (Å²) in [6, 6.07) is 66.9. The number of rotatable bonds is 6. The van der Waals surface area contributed by atoms with E-state index in [4.69, 9.17) is 0 Å². The Morgan fingerprint density at radius 1 is 0.396 bits per heavy atom. The normalized spacial score (nSPS) is 12.8. The van der Waals surface area contributed by atoms with Gasteiger partial charge in [0.05, 0.1) is 5.69 Å². The Morgan fingerprint density at radius 2 is 0.981 bits per heavy atom. The zero-order valence-electron chi connectivity index (χ0n) is 29.4. The molecule has 0 fully saturated rings. The lowest BCUT2D eigenvalue weighted by atomic mass is 9.83. The van der Waals surface area contributed by atoms with Crippen molar-refractivity contribution in [3.05, 3.63) is 206 Å². The van der Waals surface area contributed by atoms with Gasteiger partial charge in [-0.2, -0.15) is 0 Å². The van der Waals surface area contributed by atoms with E-state index in [2.05, 4.69) is 205 Å². The molecule has 0 spiro atoms. The average Bonchev–Trinajstić information content (AvgIpc) is 3.69. The molecule has 1 aromatic heterocycles. The van der Waals surface area contributed by atoms with Crippen molar-refractivity contribution in [2.75, 3.05) is 0 Å². The molecule has 9 aromatic rings. The van der Waals surface area contributed by atoms with E-state index < -0.39 is 0 Å². The van der Waals surface area contributed by atoms with Crippen LogP contribution in [-0.2, 0) is 0 Å². The summed E-state index contributed by atoms with van der Waals surface area (Å²) in [5, 5.41) is 7.50. The van der Waals surface area contributed by atoms with Gasteiger partial charge in [0, 0.05) is 11.4 Å². The number of fused-ring (bicyclic) bond motifs is 3. The first kappa shape index (κ1) is 31.1. The Kier molecular flexibility index (Phi) is 7.69. The maximum absolute atomic E-state index is 2.49. The van der Waals surface area contributed by atoms with Crippen LogP contribution in [0.4, 0.5) is 0 Å². The molecule has 0 saturated carbocycles. The van der Waals surface area contributed by atoms with Gasteiger partial charge >= 0.3 is 0 Å². The van der Waals surface area contributed by atoms with Crippen LogP contribution in [0.1, 0.15) is 18.5 Å². The Bertz CT molecular complexity index is 2860. The van der Waals surface area contributed by atoms with E-state index in [0.717, 1.165) is 18.5 Å². The van der Waals surface area contributed by atoms with Gasteiger partial charge in [-0.15, -0.1) is 0 Å². The summed E-state index contributed by atoms with van der Waals surface area (Å²) in [7, 11) is 0. The molecule has 1 nitrogen and oxygen atoms in total. The number of nitrogens with zero attached hydrogens (tertiary/aromatic N) is 1. The number of allylic oxidation sites excluding steroid dienone is 4. The van der Waals surface area contributed by atoms with E-state index >= 15 is 0 Å². The highest BCUT2D eigenvalue weighted by Gasteiger charge is 2.22. The van der Waals surface area contributed by atoms with Crippen molar-refractivity contribution in [2.24, 2.45) is 0 Å². The van der Waals surface area contributed by atoms with Crippen molar-refractivity contribution >= 4 is 37.9 Å². The highest BCUT2D eigenvalue weighted by atomic mass is 15.0. The molecular weight excluding hydrogens is 639 g/mol. The minimum Gasteiger partial charge on any atom is -0.310 e. The molecule has 0 radical (unpaired) electrons. The number of hydrogen-bond donors (Lipinski definition) is 0. The van der Waals surface area contributed by atoms with Crippen LogP contribution in [0.3, 0.4) is 0 Å². The van der Waals surface area contributed by atoms with Gasteiger partial charge in [-0.25, -0.2) is 0 Å². The van der Waals surface area contributed by atoms with E-state index in [1.165, 1.54) is 88.2 Å². The predicted molar refractivity (Wildman–Crippen MR) is 226 cm³/mol. The van der Waals surface area contributed by atoms with Crippen molar-refractivity contribution in [2.45, 2.75) is 12.8 Å². The summed E-state index contributed by atoms with van der Waals surface area (Å²) in [6.45, 7) is 0. The summed E-state index contributed by atoms with van der Waals surface area (Å²) < 4.78 is 2.49. The summed E-state index contributed by atoms with van der Waals surface area (Å²) >= 11 is 0. The van der Waals surface area contributed by atoms with Crippen LogP contribution in [0.25, 0.3) is 88.2 Å². The molecule has 1 heteroatoms. The Hall–Kier alpha value is -6.70. The Labute approximate surface area is 310 Å². The smallest absolute Gasteiger partial charge is 0.0534 e. The van der Waals surface area contributed by atoms with Crippen molar-refractivity contribution in [1.29, 1.82) is 0 Å². The molecule has 0 bridgehead atoms. The van der Waals surface area contributed by atoms with Crippen LogP contribution in [0, 0.1) is 0 Å². The van der Waals surface area contributed by atoms with Crippen LogP contribution in [-0.4, -0.2) is 4.57 Å². The lowest BCUT2D eigenvalue weighted by Crippen LogP contribution is -2.03. The zero-order valence-corrected chi connectivity index (χ0v) is 29.4. The first-order valence-electron chi connectivity index (χ1n) is 18.6. The highest BCUT2D eigenvalue weighted by Crippen LogP contribution is 2.48. The van der Waals surface area contributed by atoms with E-state index in [1.807, 2.05) is 0 Å². The van der Waals surface area contributed by atoms with Gasteiger partial charge in [0.2, 0.25) is 0 Å². The van der Waals surface area contributed by atoms with Crippen molar-refractivity contribution < 1.29 is 0 Å². The van der Waals surface area contributed by atoms with Crippen molar-refractivity contribution in [1.82, 2.24) is 4.57 Å². The van der Waals surface area contributed by atoms with Gasteiger partial charge in [0.15, 0.2) is 0 Å². The van der Waals surface area contributed by atoms with Gasteiger partial charge in [0.25, 0.3) is 0 Å². The lowest BCUT2D eigenvalue weighted by Gasteiger charge is -2.22. The topological polar surface area (TPSA) is 4.93 Å². The predicted octanol–water partition coefficient (Wildman–Crippen LogP) is 14.3. The second kappa shape index (κ2) is 13.1. The minimum atomic E-state index is 1.02. The molecule has 0 amide bonds.